The van der Waals surface area contributed by atoms with Crippen molar-refractivity contribution in [3.63, 3.8) is 0 Å². The Hall–Kier alpha value is -2.14. The lowest BCUT2D eigenvalue weighted by molar-refractivity contribution is 0.0696. The third-order valence-electron chi connectivity index (χ3n) is 4.14. The second-order valence-electron chi connectivity index (χ2n) is 5.82. The van der Waals surface area contributed by atoms with Crippen molar-refractivity contribution < 1.29 is 14.6 Å². The van der Waals surface area contributed by atoms with Gasteiger partial charge in [0.2, 0.25) is 0 Å². The number of ether oxygens (including phenoxy) is 1. The Morgan fingerprint density at radius 2 is 2.18 bits per heavy atom. The van der Waals surface area contributed by atoms with Crippen LogP contribution in [0.25, 0.3) is 10.9 Å². The van der Waals surface area contributed by atoms with Crippen molar-refractivity contribution in [3.8, 4) is 0 Å². The van der Waals surface area contributed by atoms with Gasteiger partial charge in [0.25, 0.3) is 0 Å². The molecule has 5 nitrogen and oxygen atoms in total. The van der Waals surface area contributed by atoms with Crippen LogP contribution < -0.4 is 4.90 Å². The van der Waals surface area contributed by atoms with E-state index in [-0.39, 0.29) is 5.56 Å². The first-order valence-electron chi connectivity index (χ1n) is 7.47. The minimum atomic E-state index is -0.941. The molecule has 5 heteroatoms. The summed E-state index contributed by atoms with van der Waals surface area (Å²) in [6.07, 6.45) is 3.81. The van der Waals surface area contributed by atoms with Gasteiger partial charge in [0, 0.05) is 38.0 Å². The van der Waals surface area contributed by atoms with Gasteiger partial charge in [-0.05, 0) is 42.5 Å². The van der Waals surface area contributed by atoms with E-state index < -0.39 is 5.97 Å². The zero-order valence-electron chi connectivity index (χ0n) is 12.9. The Labute approximate surface area is 129 Å². The van der Waals surface area contributed by atoms with E-state index in [0.29, 0.717) is 12.5 Å². The summed E-state index contributed by atoms with van der Waals surface area (Å²) in [5, 5.41) is 10.0. The summed E-state index contributed by atoms with van der Waals surface area (Å²) in [6.45, 7) is 1.49. The van der Waals surface area contributed by atoms with Gasteiger partial charge in [0.1, 0.15) is 0 Å². The molecule has 1 aliphatic carbocycles. The quantitative estimate of drug-likeness (QED) is 0.888. The Balaban J connectivity index is 2.05. The van der Waals surface area contributed by atoms with E-state index in [1.165, 1.54) is 30.3 Å². The SMILES string of the molecule is COCCN(C)c1cc2ncc(C(=O)O)cc2cc1C1CC1. The van der Waals surface area contributed by atoms with Crippen molar-refractivity contribution in [2.45, 2.75) is 18.8 Å². The van der Waals surface area contributed by atoms with Gasteiger partial charge in [-0.1, -0.05) is 0 Å². The summed E-state index contributed by atoms with van der Waals surface area (Å²) in [5.41, 5.74) is 3.52. The number of anilines is 1. The third kappa shape index (κ3) is 2.90. The number of likely N-dealkylation sites (N-methyl/N-ethyl adjacent to an activating group) is 1. The molecule has 0 unspecified atom stereocenters. The molecule has 116 valence electrons. The molecule has 0 amide bonds. The molecule has 0 atom stereocenters. The molecule has 22 heavy (non-hydrogen) atoms. The number of carboxylic acids is 1. The van der Waals surface area contributed by atoms with Crippen LogP contribution in [0.2, 0.25) is 0 Å². The summed E-state index contributed by atoms with van der Waals surface area (Å²) in [6, 6.07) is 5.87. The number of benzene rings is 1. The van der Waals surface area contributed by atoms with Gasteiger partial charge in [-0.2, -0.15) is 0 Å². The zero-order chi connectivity index (χ0) is 15.7. The number of rotatable bonds is 6. The van der Waals surface area contributed by atoms with Crippen LogP contribution in [-0.4, -0.2) is 43.4 Å². The fourth-order valence-electron chi connectivity index (χ4n) is 2.70. The van der Waals surface area contributed by atoms with Crippen LogP contribution in [0.4, 0.5) is 5.69 Å². The van der Waals surface area contributed by atoms with E-state index >= 15 is 0 Å². The molecule has 0 saturated heterocycles. The van der Waals surface area contributed by atoms with E-state index in [1.807, 2.05) is 0 Å². The maximum atomic E-state index is 11.1. The first-order valence-corrected chi connectivity index (χ1v) is 7.47. The lowest BCUT2D eigenvalue weighted by atomic mass is 10.0. The van der Waals surface area contributed by atoms with Crippen LogP contribution in [0.15, 0.2) is 24.4 Å². The molecule has 1 fully saturated rings. The molecule has 0 spiro atoms. The lowest BCUT2D eigenvalue weighted by Gasteiger charge is -2.23. The van der Waals surface area contributed by atoms with E-state index in [2.05, 4.69) is 29.1 Å². The van der Waals surface area contributed by atoms with Gasteiger partial charge in [0.15, 0.2) is 0 Å². The Morgan fingerprint density at radius 1 is 1.41 bits per heavy atom. The monoisotopic (exact) mass is 300 g/mol. The Kier molecular flexibility index (Phi) is 3.98. The molecule has 0 radical (unpaired) electrons. The van der Waals surface area contributed by atoms with Crippen LogP contribution >= 0.6 is 0 Å². The Bertz CT molecular complexity index is 710. The standard InChI is InChI=1S/C17H20N2O3/c1-19(5-6-22-2)16-9-15-12(8-14(16)11-3-4-11)7-13(10-18-15)17(20)21/h7-11H,3-6H2,1-2H3,(H,20,21). The summed E-state index contributed by atoms with van der Waals surface area (Å²) >= 11 is 0. The summed E-state index contributed by atoms with van der Waals surface area (Å²) in [5.74, 6) is -0.360. The maximum absolute atomic E-state index is 11.1. The van der Waals surface area contributed by atoms with E-state index in [4.69, 9.17) is 9.84 Å². The average molecular weight is 300 g/mol. The van der Waals surface area contributed by atoms with Gasteiger partial charge in [-0.3, -0.25) is 4.98 Å². The zero-order valence-corrected chi connectivity index (χ0v) is 12.9. The van der Waals surface area contributed by atoms with Gasteiger partial charge in [-0.25, -0.2) is 4.79 Å². The third-order valence-corrected chi connectivity index (χ3v) is 4.14. The molecular weight excluding hydrogens is 280 g/mol. The number of nitrogens with zero attached hydrogens (tertiary/aromatic N) is 2. The highest BCUT2D eigenvalue weighted by Gasteiger charge is 2.27. The van der Waals surface area contributed by atoms with Crippen molar-refractivity contribution in [2.24, 2.45) is 0 Å². The molecule has 1 saturated carbocycles. The highest BCUT2D eigenvalue weighted by Crippen LogP contribution is 2.45. The number of aromatic nitrogens is 1. The second-order valence-corrected chi connectivity index (χ2v) is 5.82. The second kappa shape index (κ2) is 5.93. The van der Waals surface area contributed by atoms with E-state index in [0.717, 1.165) is 17.4 Å². The molecule has 1 aliphatic rings. The predicted octanol–water partition coefficient (Wildman–Crippen LogP) is 2.89. The first kappa shape index (κ1) is 14.8. The van der Waals surface area contributed by atoms with Gasteiger partial charge in [0.05, 0.1) is 17.7 Å². The lowest BCUT2D eigenvalue weighted by Crippen LogP contribution is -2.23. The van der Waals surface area contributed by atoms with E-state index in [1.54, 1.807) is 13.2 Å². The summed E-state index contributed by atoms with van der Waals surface area (Å²) in [4.78, 5) is 17.6. The molecule has 0 bridgehead atoms. The van der Waals surface area contributed by atoms with Gasteiger partial charge >= 0.3 is 5.97 Å². The molecule has 1 N–H and O–H groups in total. The minimum absolute atomic E-state index is 0.231. The fourth-order valence-corrected chi connectivity index (χ4v) is 2.70. The van der Waals surface area contributed by atoms with Crippen molar-refractivity contribution in [1.29, 1.82) is 0 Å². The number of methoxy groups -OCH3 is 1. The average Bonchev–Trinajstić information content (AvgIpc) is 3.35. The van der Waals surface area contributed by atoms with Crippen LogP contribution in [0.1, 0.15) is 34.7 Å². The number of carbonyl (C=O) groups is 1. The van der Waals surface area contributed by atoms with Crippen molar-refractivity contribution in [2.75, 3.05) is 32.2 Å². The fraction of sp³-hybridized carbons (Fsp3) is 0.412. The van der Waals surface area contributed by atoms with Gasteiger partial charge in [-0.15, -0.1) is 0 Å². The largest absolute Gasteiger partial charge is 0.478 e. The van der Waals surface area contributed by atoms with Gasteiger partial charge < -0.3 is 14.7 Å². The Morgan fingerprint density at radius 3 is 2.82 bits per heavy atom. The van der Waals surface area contributed by atoms with Crippen LogP contribution in [0, 0.1) is 0 Å². The highest BCUT2D eigenvalue weighted by molar-refractivity contribution is 5.93. The normalized spacial score (nSPS) is 14.3. The number of carboxylic acid groups (broad SMARTS) is 1. The number of hydrogen-bond acceptors (Lipinski definition) is 4. The first-order chi connectivity index (χ1) is 10.6. The smallest absolute Gasteiger partial charge is 0.337 e. The maximum Gasteiger partial charge on any atom is 0.337 e. The minimum Gasteiger partial charge on any atom is -0.478 e. The van der Waals surface area contributed by atoms with Crippen LogP contribution in [0.5, 0.6) is 0 Å². The summed E-state index contributed by atoms with van der Waals surface area (Å²) < 4.78 is 5.16. The number of aromatic carboxylic acids is 1. The number of fused-ring (bicyclic) bond motifs is 1. The van der Waals surface area contributed by atoms with Crippen molar-refractivity contribution in [3.05, 3.63) is 35.5 Å². The summed E-state index contributed by atoms with van der Waals surface area (Å²) in [7, 11) is 3.75. The van der Waals surface area contributed by atoms with Crippen LogP contribution in [0.3, 0.4) is 0 Å². The molecule has 3 rings (SSSR count). The predicted molar refractivity (Wildman–Crippen MR) is 85.8 cm³/mol. The molecule has 0 aliphatic heterocycles. The topological polar surface area (TPSA) is 62.7 Å². The van der Waals surface area contributed by atoms with Crippen molar-refractivity contribution in [1.82, 2.24) is 4.98 Å². The number of pyridine rings is 1. The van der Waals surface area contributed by atoms with Crippen molar-refractivity contribution >= 4 is 22.6 Å². The van der Waals surface area contributed by atoms with Crippen LogP contribution in [-0.2, 0) is 4.74 Å². The molecule has 1 aromatic carbocycles. The number of hydrogen-bond donors (Lipinski definition) is 1. The van der Waals surface area contributed by atoms with E-state index in [9.17, 15) is 4.79 Å². The molecule has 1 aromatic heterocycles. The highest BCUT2D eigenvalue weighted by atomic mass is 16.5. The molecule has 2 aromatic rings. The molecular formula is C17H20N2O3. The molecule has 1 heterocycles.